The van der Waals surface area contributed by atoms with Crippen LogP contribution in [0.15, 0.2) is 0 Å². The standard InChI is InChI=1S/C7H14N2O3/c1-3-9-7(11)12-5-4-6(10)8-2/h3-5H2,1-2H3,(H,8,10)(H,9,11). The maximum absolute atomic E-state index is 10.6. The van der Waals surface area contributed by atoms with Crippen LogP contribution in [0.3, 0.4) is 0 Å². The van der Waals surface area contributed by atoms with Crippen molar-refractivity contribution in [3.8, 4) is 0 Å². The Morgan fingerprint density at radius 2 is 2.08 bits per heavy atom. The second kappa shape index (κ2) is 6.45. The van der Waals surface area contributed by atoms with E-state index in [9.17, 15) is 9.59 Å². The van der Waals surface area contributed by atoms with Crippen LogP contribution in [0, 0.1) is 0 Å². The maximum Gasteiger partial charge on any atom is 0.407 e. The Morgan fingerprint density at radius 1 is 1.42 bits per heavy atom. The molecular weight excluding hydrogens is 160 g/mol. The molecule has 2 N–H and O–H groups in total. The summed E-state index contributed by atoms with van der Waals surface area (Å²) < 4.78 is 4.64. The number of hydrogen-bond donors (Lipinski definition) is 2. The first-order valence-electron chi connectivity index (χ1n) is 3.82. The first kappa shape index (κ1) is 10.7. The third-order valence-corrected chi connectivity index (χ3v) is 1.16. The van der Waals surface area contributed by atoms with Gasteiger partial charge in [-0.1, -0.05) is 0 Å². The summed E-state index contributed by atoms with van der Waals surface area (Å²) in [5.41, 5.74) is 0. The molecule has 0 spiro atoms. The summed E-state index contributed by atoms with van der Waals surface area (Å²) in [4.78, 5) is 21.3. The van der Waals surface area contributed by atoms with Crippen LogP contribution in [0.4, 0.5) is 4.79 Å². The molecule has 0 saturated heterocycles. The van der Waals surface area contributed by atoms with Crippen molar-refractivity contribution < 1.29 is 14.3 Å². The number of amides is 2. The molecule has 0 aromatic rings. The molecule has 12 heavy (non-hydrogen) atoms. The lowest BCUT2D eigenvalue weighted by Crippen LogP contribution is -2.26. The molecule has 5 nitrogen and oxygen atoms in total. The van der Waals surface area contributed by atoms with Crippen molar-refractivity contribution in [1.82, 2.24) is 10.6 Å². The van der Waals surface area contributed by atoms with E-state index in [1.165, 1.54) is 7.05 Å². The number of ether oxygens (including phenoxy) is 1. The Labute approximate surface area is 71.5 Å². The summed E-state index contributed by atoms with van der Waals surface area (Å²) in [6.07, 6.45) is -0.283. The van der Waals surface area contributed by atoms with Crippen molar-refractivity contribution in [2.45, 2.75) is 13.3 Å². The van der Waals surface area contributed by atoms with Crippen LogP contribution in [0.25, 0.3) is 0 Å². The Morgan fingerprint density at radius 3 is 2.58 bits per heavy atom. The zero-order valence-electron chi connectivity index (χ0n) is 7.35. The Balaban J connectivity index is 3.30. The van der Waals surface area contributed by atoms with Crippen molar-refractivity contribution in [3.63, 3.8) is 0 Å². The topological polar surface area (TPSA) is 67.4 Å². The zero-order valence-corrected chi connectivity index (χ0v) is 7.35. The van der Waals surface area contributed by atoms with Gasteiger partial charge in [-0.2, -0.15) is 0 Å². The fourth-order valence-electron chi connectivity index (χ4n) is 0.557. The van der Waals surface area contributed by atoms with Crippen LogP contribution in [0.5, 0.6) is 0 Å². The van der Waals surface area contributed by atoms with Gasteiger partial charge in [-0.15, -0.1) is 0 Å². The summed E-state index contributed by atoms with van der Waals surface area (Å²) in [5, 5.41) is 4.86. The van der Waals surface area contributed by atoms with Gasteiger partial charge in [0.05, 0.1) is 6.42 Å². The van der Waals surface area contributed by atoms with Gasteiger partial charge in [-0.25, -0.2) is 4.79 Å². The smallest absolute Gasteiger partial charge is 0.407 e. The van der Waals surface area contributed by atoms with Crippen LogP contribution >= 0.6 is 0 Å². The van der Waals surface area contributed by atoms with Crippen LogP contribution in [-0.4, -0.2) is 32.2 Å². The third kappa shape index (κ3) is 5.52. The highest BCUT2D eigenvalue weighted by molar-refractivity contribution is 5.76. The Hall–Kier alpha value is -1.26. The summed E-state index contributed by atoms with van der Waals surface area (Å²) in [7, 11) is 1.54. The monoisotopic (exact) mass is 174 g/mol. The molecule has 0 saturated carbocycles. The Kier molecular flexibility index (Phi) is 5.77. The van der Waals surface area contributed by atoms with Gasteiger partial charge < -0.3 is 15.4 Å². The van der Waals surface area contributed by atoms with Gasteiger partial charge in [0, 0.05) is 13.6 Å². The second-order valence-corrected chi connectivity index (χ2v) is 2.09. The molecule has 5 heteroatoms. The van der Waals surface area contributed by atoms with Gasteiger partial charge in [-0.3, -0.25) is 4.79 Å². The van der Waals surface area contributed by atoms with E-state index in [1.807, 2.05) is 0 Å². The average molecular weight is 174 g/mol. The van der Waals surface area contributed by atoms with Crippen molar-refractivity contribution in [1.29, 1.82) is 0 Å². The largest absolute Gasteiger partial charge is 0.449 e. The average Bonchev–Trinajstić information content (AvgIpc) is 2.04. The molecule has 0 unspecified atom stereocenters. The van der Waals surface area contributed by atoms with Crippen LogP contribution in [0.2, 0.25) is 0 Å². The lowest BCUT2D eigenvalue weighted by Gasteiger charge is -2.03. The summed E-state index contributed by atoms with van der Waals surface area (Å²) in [6.45, 7) is 2.43. The molecule has 0 aliphatic rings. The molecule has 0 fully saturated rings. The molecule has 0 heterocycles. The van der Waals surface area contributed by atoms with Crippen LogP contribution < -0.4 is 10.6 Å². The minimum absolute atomic E-state index is 0.117. The zero-order chi connectivity index (χ0) is 9.40. The van der Waals surface area contributed by atoms with E-state index in [0.29, 0.717) is 6.54 Å². The van der Waals surface area contributed by atoms with E-state index in [1.54, 1.807) is 6.92 Å². The van der Waals surface area contributed by atoms with Gasteiger partial charge in [0.1, 0.15) is 6.61 Å². The number of carbonyl (C=O) groups excluding carboxylic acids is 2. The molecule has 70 valence electrons. The number of rotatable bonds is 4. The molecule has 0 aliphatic carbocycles. The summed E-state index contributed by atoms with van der Waals surface area (Å²) in [6, 6.07) is 0. The van der Waals surface area contributed by atoms with Crippen molar-refractivity contribution >= 4 is 12.0 Å². The highest BCUT2D eigenvalue weighted by Gasteiger charge is 2.01. The van der Waals surface area contributed by atoms with E-state index in [0.717, 1.165) is 0 Å². The van der Waals surface area contributed by atoms with Crippen molar-refractivity contribution in [2.75, 3.05) is 20.2 Å². The predicted molar refractivity (Wildman–Crippen MR) is 43.7 cm³/mol. The number of hydrogen-bond acceptors (Lipinski definition) is 3. The van der Waals surface area contributed by atoms with Gasteiger partial charge in [0.2, 0.25) is 5.91 Å². The van der Waals surface area contributed by atoms with E-state index in [2.05, 4.69) is 15.4 Å². The molecule has 0 bridgehead atoms. The predicted octanol–water partition coefficient (Wildman–Crippen LogP) is -0.131. The molecular formula is C7H14N2O3. The summed E-state index contributed by atoms with van der Waals surface area (Å²) in [5.74, 6) is -0.140. The van der Waals surface area contributed by atoms with E-state index in [4.69, 9.17) is 0 Å². The van der Waals surface area contributed by atoms with Gasteiger partial charge in [-0.05, 0) is 6.92 Å². The van der Waals surface area contributed by atoms with E-state index >= 15 is 0 Å². The SMILES string of the molecule is CCNC(=O)OCCC(=O)NC. The van der Waals surface area contributed by atoms with E-state index in [-0.39, 0.29) is 18.9 Å². The molecule has 2 amide bonds. The lowest BCUT2D eigenvalue weighted by molar-refractivity contribution is -0.121. The maximum atomic E-state index is 10.6. The minimum atomic E-state index is -0.485. The number of nitrogens with one attached hydrogen (secondary N) is 2. The molecule has 0 radical (unpaired) electrons. The highest BCUT2D eigenvalue weighted by atomic mass is 16.5. The molecule has 0 rings (SSSR count). The van der Waals surface area contributed by atoms with Gasteiger partial charge in [0.25, 0.3) is 0 Å². The molecule has 0 aromatic heterocycles. The van der Waals surface area contributed by atoms with Crippen LogP contribution in [0.1, 0.15) is 13.3 Å². The molecule has 0 atom stereocenters. The van der Waals surface area contributed by atoms with Crippen molar-refractivity contribution in [3.05, 3.63) is 0 Å². The van der Waals surface area contributed by atoms with Gasteiger partial charge >= 0.3 is 6.09 Å². The van der Waals surface area contributed by atoms with E-state index < -0.39 is 6.09 Å². The lowest BCUT2D eigenvalue weighted by atomic mass is 10.4. The Bertz CT molecular complexity index is 159. The van der Waals surface area contributed by atoms with Gasteiger partial charge in [0.15, 0.2) is 0 Å². The van der Waals surface area contributed by atoms with Crippen molar-refractivity contribution in [2.24, 2.45) is 0 Å². The normalized spacial score (nSPS) is 8.83. The number of alkyl carbamates (subject to hydrolysis) is 1. The number of carbonyl (C=O) groups is 2. The quantitative estimate of drug-likeness (QED) is 0.623. The fraction of sp³-hybridized carbons (Fsp3) is 0.714. The fourth-order valence-corrected chi connectivity index (χ4v) is 0.557. The minimum Gasteiger partial charge on any atom is -0.449 e. The molecule has 0 aliphatic heterocycles. The summed E-state index contributed by atoms with van der Waals surface area (Å²) >= 11 is 0. The third-order valence-electron chi connectivity index (χ3n) is 1.16. The molecule has 0 aromatic carbocycles. The first-order chi connectivity index (χ1) is 5.70. The first-order valence-corrected chi connectivity index (χ1v) is 3.82. The van der Waals surface area contributed by atoms with Crippen LogP contribution in [-0.2, 0) is 9.53 Å². The highest BCUT2D eigenvalue weighted by Crippen LogP contribution is 1.83. The second-order valence-electron chi connectivity index (χ2n) is 2.09.